The van der Waals surface area contributed by atoms with Crippen molar-refractivity contribution in [3.63, 3.8) is 0 Å². The van der Waals surface area contributed by atoms with Crippen molar-refractivity contribution in [2.24, 2.45) is 0 Å². The number of alkyl halides is 3. The first-order valence-corrected chi connectivity index (χ1v) is 7.79. The van der Waals surface area contributed by atoms with Crippen molar-refractivity contribution in [3.8, 4) is 5.75 Å². The van der Waals surface area contributed by atoms with Crippen LogP contribution in [0.25, 0.3) is 5.57 Å². The van der Waals surface area contributed by atoms with Gasteiger partial charge >= 0.3 is 6.36 Å². The molecule has 0 saturated carbocycles. The molecule has 0 saturated heterocycles. The van der Waals surface area contributed by atoms with Gasteiger partial charge in [0.15, 0.2) is 0 Å². The van der Waals surface area contributed by atoms with Crippen molar-refractivity contribution in [2.75, 3.05) is 0 Å². The number of sulfonamides is 1. The summed E-state index contributed by atoms with van der Waals surface area (Å²) < 4.78 is 68.2. The van der Waals surface area contributed by atoms with E-state index in [9.17, 15) is 21.6 Å². The molecule has 0 atom stereocenters. The monoisotopic (exact) mass is 337 g/mol. The first-order valence-electron chi connectivity index (χ1n) is 6.31. The molecular formula is C14H18F3NO3S. The van der Waals surface area contributed by atoms with E-state index < -0.39 is 32.6 Å². The van der Waals surface area contributed by atoms with Gasteiger partial charge in [0.1, 0.15) is 10.6 Å². The van der Waals surface area contributed by atoms with Gasteiger partial charge in [-0.3, -0.25) is 0 Å². The van der Waals surface area contributed by atoms with Gasteiger partial charge < -0.3 is 4.74 Å². The standard InChI is InChI=1S/C14H18F3NO3S/c1-9(2)10-6-7-12(11(8-10)21-14(15,16)17)22(19,20)18-13(3,4)5/h6-8,18H,1H2,2-5H3. The van der Waals surface area contributed by atoms with Crippen LogP contribution < -0.4 is 9.46 Å². The molecule has 0 aliphatic rings. The molecule has 1 aromatic carbocycles. The zero-order valence-corrected chi connectivity index (χ0v) is 13.5. The first kappa shape index (κ1) is 18.5. The lowest BCUT2D eigenvalue weighted by molar-refractivity contribution is -0.275. The van der Waals surface area contributed by atoms with Crippen LogP contribution in [-0.2, 0) is 10.0 Å². The number of benzene rings is 1. The van der Waals surface area contributed by atoms with Crippen molar-refractivity contribution in [3.05, 3.63) is 30.3 Å². The fraction of sp³-hybridized carbons (Fsp3) is 0.429. The van der Waals surface area contributed by atoms with Crippen molar-refractivity contribution in [1.29, 1.82) is 0 Å². The molecule has 124 valence electrons. The highest BCUT2D eigenvalue weighted by molar-refractivity contribution is 7.89. The summed E-state index contributed by atoms with van der Waals surface area (Å²) in [5.74, 6) is -0.787. The SMILES string of the molecule is C=C(C)c1ccc(S(=O)(=O)NC(C)(C)C)c(OC(F)(F)F)c1. The molecule has 0 aromatic heterocycles. The predicted octanol–water partition coefficient (Wildman–Crippen LogP) is 3.70. The van der Waals surface area contributed by atoms with E-state index in [2.05, 4.69) is 16.0 Å². The molecule has 0 aliphatic heterocycles. The highest BCUT2D eigenvalue weighted by Crippen LogP contribution is 2.32. The van der Waals surface area contributed by atoms with Crippen LogP contribution in [0.1, 0.15) is 33.3 Å². The Balaban J connectivity index is 3.43. The quantitative estimate of drug-likeness (QED) is 0.911. The summed E-state index contributed by atoms with van der Waals surface area (Å²) in [6, 6.07) is 3.45. The van der Waals surface area contributed by atoms with Gasteiger partial charge in [0, 0.05) is 5.54 Å². The van der Waals surface area contributed by atoms with E-state index in [0.717, 1.165) is 12.1 Å². The molecule has 22 heavy (non-hydrogen) atoms. The van der Waals surface area contributed by atoms with Gasteiger partial charge in [-0.25, -0.2) is 13.1 Å². The number of ether oxygens (including phenoxy) is 1. The fourth-order valence-electron chi connectivity index (χ4n) is 1.66. The van der Waals surface area contributed by atoms with E-state index in [1.54, 1.807) is 27.7 Å². The minimum absolute atomic E-state index is 0.356. The number of rotatable bonds is 4. The Bertz CT molecular complexity index is 674. The third kappa shape index (κ3) is 5.34. The summed E-state index contributed by atoms with van der Waals surface area (Å²) in [5, 5.41) is 0. The average Bonchev–Trinajstić information content (AvgIpc) is 2.22. The Kier molecular flexibility index (Phi) is 4.98. The molecule has 0 heterocycles. The largest absolute Gasteiger partial charge is 0.573 e. The summed E-state index contributed by atoms with van der Waals surface area (Å²) in [6.45, 7) is 9.95. The highest BCUT2D eigenvalue weighted by atomic mass is 32.2. The highest BCUT2D eigenvalue weighted by Gasteiger charge is 2.35. The molecule has 0 fully saturated rings. The van der Waals surface area contributed by atoms with E-state index in [0.29, 0.717) is 11.1 Å². The minimum Gasteiger partial charge on any atom is -0.404 e. The van der Waals surface area contributed by atoms with Gasteiger partial charge in [-0.2, -0.15) is 0 Å². The van der Waals surface area contributed by atoms with Crippen LogP contribution in [0, 0.1) is 0 Å². The average molecular weight is 337 g/mol. The third-order valence-electron chi connectivity index (χ3n) is 2.39. The number of hydrogen-bond donors (Lipinski definition) is 1. The zero-order valence-electron chi connectivity index (χ0n) is 12.7. The smallest absolute Gasteiger partial charge is 0.404 e. The van der Waals surface area contributed by atoms with E-state index in [-0.39, 0.29) is 0 Å². The lowest BCUT2D eigenvalue weighted by Crippen LogP contribution is -2.40. The maximum Gasteiger partial charge on any atom is 0.573 e. The van der Waals surface area contributed by atoms with Crippen LogP contribution in [0.4, 0.5) is 13.2 Å². The Morgan fingerprint density at radius 3 is 2.18 bits per heavy atom. The number of allylic oxidation sites excluding steroid dienone is 1. The van der Waals surface area contributed by atoms with Crippen LogP contribution in [0.3, 0.4) is 0 Å². The molecule has 0 radical (unpaired) electrons. The number of nitrogens with one attached hydrogen (secondary N) is 1. The summed E-state index contributed by atoms with van der Waals surface area (Å²) in [7, 11) is -4.17. The van der Waals surface area contributed by atoms with Gasteiger partial charge in [-0.15, -0.1) is 13.2 Å². The van der Waals surface area contributed by atoms with E-state index in [4.69, 9.17) is 0 Å². The van der Waals surface area contributed by atoms with Gasteiger partial charge in [0.25, 0.3) is 0 Å². The van der Waals surface area contributed by atoms with Crippen molar-refractivity contribution in [2.45, 2.75) is 44.5 Å². The Labute approximate surface area is 128 Å². The second-order valence-corrected chi connectivity index (χ2v) is 7.50. The third-order valence-corrected chi connectivity index (χ3v) is 4.19. The Morgan fingerprint density at radius 1 is 1.23 bits per heavy atom. The Hall–Kier alpha value is -1.54. The molecule has 8 heteroatoms. The van der Waals surface area contributed by atoms with E-state index in [1.165, 1.54) is 6.07 Å². The van der Waals surface area contributed by atoms with Crippen molar-refractivity contribution in [1.82, 2.24) is 4.72 Å². The molecule has 0 amide bonds. The fourth-order valence-corrected chi connectivity index (χ4v) is 3.19. The molecular weight excluding hydrogens is 319 g/mol. The molecule has 0 bridgehead atoms. The molecule has 1 N–H and O–H groups in total. The molecule has 1 rings (SSSR count). The van der Waals surface area contributed by atoms with E-state index in [1.807, 2.05) is 0 Å². The molecule has 0 aliphatic carbocycles. The lowest BCUT2D eigenvalue weighted by atomic mass is 10.1. The second kappa shape index (κ2) is 5.92. The molecule has 4 nitrogen and oxygen atoms in total. The Morgan fingerprint density at radius 2 is 1.77 bits per heavy atom. The van der Waals surface area contributed by atoms with Gasteiger partial charge in [0.05, 0.1) is 0 Å². The van der Waals surface area contributed by atoms with Crippen molar-refractivity contribution >= 4 is 15.6 Å². The van der Waals surface area contributed by atoms with Crippen LogP contribution >= 0.6 is 0 Å². The summed E-state index contributed by atoms with van der Waals surface area (Å²) in [6.07, 6.45) is -5.00. The molecule has 0 spiro atoms. The van der Waals surface area contributed by atoms with Crippen LogP contribution in [0.5, 0.6) is 5.75 Å². The summed E-state index contributed by atoms with van der Waals surface area (Å²) in [5.41, 5.74) is -0.00447. The van der Waals surface area contributed by atoms with E-state index >= 15 is 0 Å². The van der Waals surface area contributed by atoms with Crippen LogP contribution in [-0.4, -0.2) is 20.3 Å². The predicted molar refractivity (Wildman–Crippen MR) is 77.9 cm³/mol. The van der Waals surface area contributed by atoms with Gasteiger partial charge in [-0.05, 0) is 45.4 Å². The van der Waals surface area contributed by atoms with Gasteiger partial charge in [0.2, 0.25) is 10.0 Å². The minimum atomic E-state index is -5.00. The van der Waals surface area contributed by atoms with Crippen LogP contribution in [0.2, 0.25) is 0 Å². The lowest BCUT2D eigenvalue weighted by Gasteiger charge is -2.22. The normalized spacial score (nSPS) is 13.0. The van der Waals surface area contributed by atoms with Crippen LogP contribution in [0.15, 0.2) is 29.7 Å². The molecule has 0 unspecified atom stereocenters. The topological polar surface area (TPSA) is 55.4 Å². The number of hydrogen-bond acceptors (Lipinski definition) is 3. The van der Waals surface area contributed by atoms with Crippen molar-refractivity contribution < 1.29 is 26.3 Å². The second-order valence-electron chi connectivity index (χ2n) is 5.85. The zero-order chi connectivity index (χ0) is 17.3. The number of halogens is 3. The summed E-state index contributed by atoms with van der Waals surface area (Å²) >= 11 is 0. The molecule has 1 aromatic rings. The maximum atomic E-state index is 12.5. The first-order chi connectivity index (χ1) is 9.71. The van der Waals surface area contributed by atoms with Gasteiger partial charge in [-0.1, -0.05) is 18.2 Å². The maximum absolute atomic E-state index is 12.5. The summed E-state index contributed by atoms with van der Waals surface area (Å²) in [4.78, 5) is -0.579.